The van der Waals surface area contributed by atoms with Crippen molar-refractivity contribution in [3.63, 3.8) is 0 Å². The monoisotopic (exact) mass is 644 g/mol. The Morgan fingerprint density at radius 3 is 2.43 bits per heavy atom. The number of carbonyl (C=O) groups is 2. The minimum absolute atomic E-state index is 0.0234. The maximum atomic E-state index is 14.2. The van der Waals surface area contributed by atoms with Gasteiger partial charge >= 0.3 is 5.97 Å². The normalized spacial score (nSPS) is 16.5. The van der Waals surface area contributed by atoms with E-state index in [4.69, 9.17) is 20.6 Å². The van der Waals surface area contributed by atoms with Crippen LogP contribution in [0, 0.1) is 17.1 Å². The largest absolute Gasteiger partial charge is 0.464 e. The van der Waals surface area contributed by atoms with Gasteiger partial charge in [0.1, 0.15) is 18.3 Å². The molecule has 47 heavy (non-hydrogen) atoms. The number of nitrogen functional groups attached to an aromatic ring is 1. The number of piperazine rings is 1. The molecule has 2 fully saturated rings. The molecule has 1 atom stereocenters. The number of ether oxygens (including phenoxy) is 2. The van der Waals surface area contributed by atoms with E-state index in [9.17, 15) is 14.0 Å². The first-order valence-electron chi connectivity index (χ1n) is 16.2. The lowest BCUT2D eigenvalue weighted by Crippen LogP contribution is -2.44. The second-order valence-electron chi connectivity index (χ2n) is 12.6. The number of nitrogens with zero attached hydrogens (tertiary/aromatic N) is 2. The number of likely N-dealkylation sites (N-methyl/N-ethyl adjacent to an activating group) is 1. The SMILES string of the molecule is CC(C)C(=O)OCC(c1cccc(F)c1)c1ccc(N)c(C(=N)NC(=O)c2ccc(N3CCN(C)CC3)cc2NC2CCOCC2)c1. The number of nitrogens with two attached hydrogens (primary N) is 1. The molecule has 3 aromatic rings. The van der Waals surface area contributed by atoms with Crippen molar-refractivity contribution in [2.45, 2.75) is 38.6 Å². The zero-order chi connectivity index (χ0) is 33.5. The van der Waals surface area contributed by atoms with Crippen molar-refractivity contribution in [1.29, 1.82) is 5.41 Å². The third-order valence-corrected chi connectivity index (χ3v) is 8.80. The number of esters is 1. The van der Waals surface area contributed by atoms with Gasteiger partial charge in [-0.2, -0.15) is 0 Å². The number of hydrogen-bond acceptors (Lipinski definition) is 9. The summed E-state index contributed by atoms with van der Waals surface area (Å²) < 4.78 is 25.4. The molecule has 0 radical (unpaired) electrons. The lowest BCUT2D eigenvalue weighted by atomic mass is 9.90. The highest BCUT2D eigenvalue weighted by molar-refractivity contribution is 6.15. The van der Waals surface area contributed by atoms with Crippen LogP contribution in [0.5, 0.6) is 0 Å². The van der Waals surface area contributed by atoms with Crippen LogP contribution in [0.15, 0.2) is 60.7 Å². The quantitative estimate of drug-likeness (QED) is 0.107. The van der Waals surface area contributed by atoms with Crippen molar-refractivity contribution in [1.82, 2.24) is 10.2 Å². The predicted octanol–water partition coefficient (Wildman–Crippen LogP) is 4.84. The maximum Gasteiger partial charge on any atom is 0.308 e. The van der Waals surface area contributed by atoms with E-state index in [2.05, 4.69) is 27.5 Å². The minimum atomic E-state index is -0.520. The molecule has 1 unspecified atom stereocenters. The van der Waals surface area contributed by atoms with Gasteiger partial charge in [-0.25, -0.2) is 4.39 Å². The Bertz CT molecular complexity index is 1580. The van der Waals surface area contributed by atoms with Crippen LogP contribution in [-0.4, -0.2) is 81.7 Å². The van der Waals surface area contributed by atoms with E-state index in [0.29, 0.717) is 46.8 Å². The van der Waals surface area contributed by atoms with Crippen LogP contribution in [0.4, 0.5) is 21.5 Å². The summed E-state index contributed by atoms with van der Waals surface area (Å²) in [7, 11) is 2.11. The molecule has 3 aromatic carbocycles. The number of carbonyl (C=O) groups excluding carboxylic acids is 2. The molecule has 2 saturated heterocycles. The molecular weight excluding hydrogens is 599 g/mol. The molecule has 250 valence electrons. The number of hydrogen-bond donors (Lipinski definition) is 4. The molecule has 10 nitrogen and oxygen atoms in total. The Balaban J connectivity index is 1.40. The molecule has 1 amide bonds. The maximum absolute atomic E-state index is 14.2. The summed E-state index contributed by atoms with van der Waals surface area (Å²) >= 11 is 0. The Morgan fingerprint density at radius 1 is 1.00 bits per heavy atom. The van der Waals surface area contributed by atoms with Crippen molar-refractivity contribution in [3.05, 3.63) is 88.7 Å². The topological polar surface area (TPSA) is 133 Å². The fraction of sp³-hybridized carbons (Fsp3) is 0.417. The highest BCUT2D eigenvalue weighted by atomic mass is 19.1. The first-order valence-corrected chi connectivity index (χ1v) is 16.2. The Hall–Kier alpha value is -4.48. The molecule has 2 heterocycles. The standard InChI is InChI=1S/C36H45FN6O4/c1-23(2)36(45)47-22-31(24-5-4-6-26(37)19-24)25-7-10-32(38)30(20-25)34(39)41-35(44)29-9-8-28(43-15-13-42(3)14-16-43)21-33(29)40-27-11-17-46-18-12-27/h4-10,19-21,23,27,31,40H,11-18,22,38H2,1-3H3,(H2,39,41,44). The van der Waals surface area contributed by atoms with E-state index in [-0.39, 0.29) is 30.4 Å². The van der Waals surface area contributed by atoms with Crippen LogP contribution >= 0.6 is 0 Å². The third-order valence-electron chi connectivity index (χ3n) is 8.80. The number of rotatable bonds is 10. The first kappa shape index (κ1) is 33.9. The van der Waals surface area contributed by atoms with E-state index >= 15 is 0 Å². The van der Waals surface area contributed by atoms with Gasteiger partial charge in [-0.15, -0.1) is 0 Å². The summed E-state index contributed by atoms with van der Waals surface area (Å²) in [6.45, 7) is 8.50. The van der Waals surface area contributed by atoms with Crippen LogP contribution in [-0.2, 0) is 14.3 Å². The zero-order valence-electron chi connectivity index (χ0n) is 27.4. The minimum Gasteiger partial charge on any atom is -0.464 e. The van der Waals surface area contributed by atoms with Gasteiger partial charge < -0.3 is 35.6 Å². The number of amidine groups is 1. The van der Waals surface area contributed by atoms with Crippen molar-refractivity contribution in [3.8, 4) is 0 Å². The highest BCUT2D eigenvalue weighted by Crippen LogP contribution is 2.30. The van der Waals surface area contributed by atoms with Crippen LogP contribution in [0.3, 0.4) is 0 Å². The van der Waals surface area contributed by atoms with E-state index in [0.717, 1.165) is 44.7 Å². The number of amides is 1. The van der Waals surface area contributed by atoms with E-state index < -0.39 is 17.6 Å². The average Bonchev–Trinajstić information content (AvgIpc) is 3.06. The Kier molecular flexibility index (Phi) is 11.1. The van der Waals surface area contributed by atoms with E-state index in [1.54, 1.807) is 50.2 Å². The molecule has 5 rings (SSSR count). The number of benzene rings is 3. The molecular formula is C36H45FN6O4. The summed E-state index contributed by atoms with van der Waals surface area (Å²) in [5, 5.41) is 15.2. The zero-order valence-corrected chi connectivity index (χ0v) is 27.4. The van der Waals surface area contributed by atoms with Gasteiger partial charge in [0, 0.05) is 74.0 Å². The smallest absolute Gasteiger partial charge is 0.308 e. The average molecular weight is 645 g/mol. The fourth-order valence-electron chi connectivity index (χ4n) is 5.87. The number of anilines is 3. The molecule has 11 heteroatoms. The van der Waals surface area contributed by atoms with Gasteiger partial charge in [0.15, 0.2) is 0 Å². The van der Waals surface area contributed by atoms with Gasteiger partial charge in [-0.3, -0.25) is 15.0 Å². The van der Waals surface area contributed by atoms with Gasteiger partial charge in [0.05, 0.1) is 11.5 Å². The van der Waals surface area contributed by atoms with Crippen LogP contribution < -0.4 is 21.3 Å². The summed E-state index contributed by atoms with van der Waals surface area (Å²) in [4.78, 5) is 30.7. The molecule has 2 aliphatic rings. The summed E-state index contributed by atoms with van der Waals surface area (Å²) in [5.74, 6) is -2.24. The molecule has 0 spiro atoms. The number of nitrogens with one attached hydrogen (secondary N) is 3. The van der Waals surface area contributed by atoms with E-state index in [1.165, 1.54) is 12.1 Å². The van der Waals surface area contributed by atoms with Crippen molar-refractivity contribution in [2.24, 2.45) is 5.92 Å². The molecule has 5 N–H and O–H groups in total. The number of halogens is 1. The molecule has 2 aliphatic heterocycles. The van der Waals surface area contributed by atoms with Gasteiger partial charge in [0.25, 0.3) is 5.91 Å². The summed E-state index contributed by atoms with van der Waals surface area (Å²) in [5.41, 5.74) is 10.4. The molecule has 0 bridgehead atoms. The lowest BCUT2D eigenvalue weighted by molar-refractivity contribution is -0.147. The van der Waals surface area contributed by atoms with Crippen LogP contribution in [0.2, 0.25) is 0 Å². The predicted molar refractivity (Wildman–Crippen MR) is 183 cm³/mol. The van der Waals surface area contributed by atoms with Gasteiger partial charge in [-0.1, -0.05) is 32.0 Å². The summed E-state index contributed by atoms with van der Waals surface area (Å²) in [6.07, 6.45) is 1.66. The highest BCUT2D eigenvalue weighted by Gasteiger charge is 2.24. The van der Waals surface area contributed by atoms with Crippen molar-refractivity contribution in [2.75, 3.05) is 69.0 Å². The van der Waals surface area contributed by atoms with Crippen molar-refractivity contribution < 1.29 is 23.5 Å². The molecule has 0 aliphatic carbocycles. The van der Waals surface area contributed by atoms with Gasteiger partial charge in [0.2, 0.25) is 0 Å². The molecule has 0 saturated carbocycles. The Labute approximate surface area is 275 Å². The van der Waals surface area contributed by atoms with Crippen molar-refractivity contribution >= 4 is 34.8 Å². The lowest BCUT2D eigenvalue weighted by Gasteiger charge is -2.34. The third kappa shape index (κ3) is 8.66. The van der Waals surface area contributed by atoms with Crippen LogP contribution in [0.25, 0.3) is 0 Å². The first-order chi connectivity index (χ1) is 22.6. The Morgan fingerprint density at radius 2 is 1.72 bits per heavy atom. The summed E-state index contributed by atoms with van der Waals surface area (Å²) in [6, 6.07) is 17.2. The van der Waals surface area contributed by atoms with Crippen LogP contribution in [0.1, 0.15) is 59.7 Å². The second kappa shape index (κ2) is 15.4. The molecule has 0 aromatic heterocycles. The second-order valence-corrected chi connectivity index (χ2v) is 12.6. The fourth-order valence-corrected chi connectivity index (χ4v) is 5.87. The van der Waals surface area contributed by atoms with E-state index in [1.807, 2.05) is 12.1 Å². The van der Waals surface area contributed by atoms with Gasteiger partial charge in [-0.05, 0) is 73.5 Å².